The van der Waals surface area contributed by atoms with Crippen molar-refractivity contribution >= 4 is 11.6 Å². The molecule has 1 aromatic carbocycles. The summed E-state index contributed by atoms with van der Waals surface area (Å²) in [6.45, 7) is 1.86. The first kappa shape index (κ1) is 13.1. The zero-order valence-corrected chi connectivity index (χ0v) is 12.5. The van der Waals surface area contributed by atoms with Gasteiger partial charge in [-0.05, 0) is 29.0 Å². The quantitative estimate of drug-likeness (QED) is 0.723. The van der Waals surface area contributed by atoms with Gasteiger partial charge in [-0.2, -0.15) is 4.68 Å². The van der Waals surface area contributed by atoms with E-state index in [1.54, 1.807) is 18.2 Å². The van der Waals surface area contributed by atoms with E-state index < -0.39 is 5.69 Å². The van der Waals surface area contributed by atoms with Crippen LogP contribution in [0.4, 0.5) is 0 Å². The van der Waals surface area contributed by atoms with Crippen LogP contribution in [0.1, 0.15) is 12.5 Å². The maximum absolute atomic E-state index is 11.9. The number of aromatic nitrogens is 5. The highest BCUT2D eigenvalue weighted by molar-refractivity contribution is 6.30. The number of halogens is 1. The highest BCUT2D eigenvalue weighted by Gasteiger charge is 2.21. The lowest BCUT2D eigenvalue weighted by molar-refractivity contribution is 0.300. The molecule has 0 spiro atoms. The average Bonchev–Trinajstić information content (AvgIpc) is 3.02. The van der Waals surface area contributed by atoms with Gasteiger partial charge in [0.15, 0.2) is 5.15 Å². The van der Waals surface area contributed by atoms with E-state index in [1.807, 2.05) is 6.92 Å². The monoisotopic (exact) mass is 323 g/mol. The number of rotatable bonds is 4. The zero-order valence-electron chi connectivity index (χ0n) is 12.8. The summed E-state index contributed by atoms with van der Waals surface area (Å²) in [4.78, 5) is 11.9. The molecular formula is C13H12ClN5O3. The summed E-state index contributed by atoms with van der Waals surface area (Å²) in [5.41, 5.74) is 0.695. The van der Waals surface area contributed by atoms with E-state index in [1.165, 1.54) is 7.05 Å². The highest BCUT2D eigenvalue weighted by atomic mass is 35.5. The first-order valence-electron chi connectivity index (χ1n) is 6.81. The fourth-order valence-corrected chi connectivity index (χ4v) is 1.99. The molecule has 0 aliphatic carbocycles. The number of nitrogens with zero attached hydrogens (tertiary/aromatic N) is 5. The molecule has 22 heavy (non-hydrogen) atoms. The van der Waals surface area contributed by atoms with Gasteiger partial charge >= 0.3 is 5.69 Å². The van der Waals surface area contributed by atoms with Crippen LogP contribution in [0.3, 0.4) is 0 Å². The van der Waals surface area contributed by atoms with Crippen molar-refractivity contribution in [3.8, 4) is 11.6 Å². The van der Waals surface area contributed by atoms with E-state index in [2.05, 4.69) is 15.6 Å². The van der Waals surface area contributed by atoms with Gasteiger partial charge in [0.25, 0.3) is 5.88 Å². The molecule has 9 heteroatoms. The summed E-state index contributed by atoms with van der Waals surface area (Å²) < 4.78 is 20.3. The van der Waals surface area contributed by atoms with Gasteiger partial charge in [0.1, 0.15) is 12.4 Å². The van der Waals surface area contributed by atoms with Crippen LogP contribution in [0.5, 0.6) is 5.75 Å². The van der Waals surface area contributed by atoms with Crippen molar-refractivity contribution in [1.29, 1.82) is 0 Å². The smallest absolute Gasteiger partial charge is 0.370 e. The van der Waals surface area contributed by atoms with E-state index in [9.17, 15) is 4.79 Å². The van der Waals surface area contributed by atoms with Crippen LogP contribution in [0, 0.1) is 6.92 Å². The Morgan fingerprint density at radius 1 is 1.45 bits per heavy atom. The number of hydrogen-bond acceptors (Lipinski definition) is 6. The van der Waals surface area contributed by atoms with Crippen molar-refractivity contribution in [1.82, 2.24) is 24.9 Å². The van der Waals surface area contributed by atoms with Crippen molar-refractivity contribution in [2.45, 2.75) is 13.5 Å². The molecule has 0 saturated heterocycles. The van der Waals surface area contributed by atoms with Gasteiger partial charge in [0.2, 0.25) is 0 Å². The first-order valence-corrected chi connectivity index (χ1v) is 6.68. The van der Waals surface area contributed by atoms with Crippen LogP contribution in [-0.2, 0) is 13.7 Å². The summed E-state index contributed by atoms with van der Waals surface area (Å²) >= 11 is 6.00. The maximum atomic E-state index is 11.9. The van der Waals surface area contributed by atoms with Crippen LogP contribution in [0.2, 0.25) is 5.15 Å². The predicted octanol–water partition coefficient (Wildman–Crippen LogP) is 1.49. The summed E-state index contributed by atoms with van der Waals surface area (Å²) in [6, 6.07) is 5.38. The number of benzene rings is 1. The van der Waals surface area contributed by atoms with Crippen LogP contribution >= 0.6 is 11.6 Å². The minimum absolute atomic E-state index is 0.0267. The van der Waals surface area contributed by atoms with Gasteiger partial charge in [0, 0.05) is 7.05 Å². The van der Waals surface area contributed by atoms with Crippen molar-refractivity contribution in [2.75, 3.05) is 0 Å². The molecule has 3 aromatic rings. The molecule has 0 aliphatic rings. The SMILES string of the molecule is [3H]c1ccc(OCc2c(Cl)noc2-n2nnn(C)c2=O)c(C)c1. The van der Waals surface area contributed by atoms with Gasteiger partial charge in [-0.1, -0.05) is 34.9 Å². The molecule has 3 rings (SSSR count). The molecule has 0 amide bonds. The van der Waals surface area contributed by atoms with Gasteiger partial charge in [0.05, 0.1) is 6.93 Å². The Kier molecular flexibility index (Phi) is 3.36. The summed E-state index contributed by atoms with van der Waals surface area (Å²) in [7, 11) is 1.46. The van der Waals surface area contributed by atoms with Gasteiger partial charge in [-0.3, -0.25) is 0 Å². The molecule has 0 saturated carbocycles. The van der Waals surface area contributed by atoms with E-state index in [0.717, 1.165) is 14.9 Å². The minimum Gasteiger partial charge on any atom is -0.488 e. The lowest BCUT2D eigenvalue weighted by Gasteiger charge is -2.08. The molecule has 8 nitrogen and oxygen atoms in total. The number of para-hydroxylation sites is 1. The molecule has 0 radical (unpaired) electrons. The van der Waals surface area contributed by atoms with Gasteiger partial charge in [-0.25, -0.2) is 4.79 Å². The number of aryl methyl sites for hydroxylation is 2. The van der Waals surface area contributed by atoms with Crippen molar-refractivity contribution < 1.29 is 10.6 Å². The van der Waals surface area contributed by atoms with E-state index in [0.29, 0.717) is 17.4 Å². The Labute approximate surface area is 131 Å². The molecule has 0 N–H and O–H groups in total. The molecule has 2 heterocycles. The Hall–Kier alpha value is -2.61. The van der Waals surface area contributed by atoms with Crippen molar-refractivity contribution in [2.24, 2.45) is 7.05 Å². The molecule has 2 aromatic heterocycles. The minimum atomic E-state index is -0.492. The van der Waals surface area contributed by atoms with E-state index in [-0.39, 0.29) is 17.6 Å². The van der Waals surface area contributed by atoms with Crippen molar-refractivity contribution in [3.05, 3.63) is 51.0 Å². The summed E-state index contributed by atoms with van der Waals surface area (Å²) in [5.74, 6) is 0.651. The lowest BCUT2D eigenvalue weighted by Crippen LogP contribution is -2.22. The topological polar surface area (TPSA) is 88.0 Å². The molecule has 0 fully saturated rings. The van der Waals surface area contributed by atoms with Crippen LogP contribution in [-0.4, -0.2) is 24.9 Å². The maximum Gasteiger partial charge on any atom is 0.370 e. The fourth-order valence-electron chi connectivity index (χ4n) is 1.82. The molecule has 114 valence electrons. The molecule has 0 atom stereocenters. The number of hydrogen-bond donors (Lipinski definition) is 0. The normalized spacial score (nSPS) is 11.5. The van der Waals surface area contributed by atoms with E-state index >= 15 is 0 Å². The second kappa shape index (κ2) is 5.64. The summed E-state index contributed by atoms with van der Waals surface area (Å²) in [6.07, 6.45) is 0. The summed E-state index contributed by atoms with van der Waals surface area (Å²) in [5, 5.41) is 11.0. The van der Waals surface area contributed by atoms with E-state index in [4.69, 9.17) is 22.2 Å². The molecular weight excluding hydrogens is 310 g/mol. The molecule has 0 aliphatic heterocycles. The number of tetrazole rings is 1. The highest BCUT2D eigenvalue weighted by Crippen LogP contribution is 2.24. The fraction of sp³-hybridized carbons (Fsp3) is 0.231. The Balaban J connectivity index is 1.90. The third-order valence-corrected chi connectivity index (χ3v) is 3.32. The predicted molar refractivity (Wildman–Crippen MR) is 77.2 cm³/mol. The van der Waals surface area contributed by atoms with Crippen LogP contribution < -0.4 is 10.4 Å². The third kappa shape index (κ3) is 2.48. The Morgan fingerprint density at radius 3 is 2.95 bits per heavy atom. The Bertz CT molecular complexity index is 917. The first-order chi connectivity index (χ1) is 11.0. The Morgan fingerprint density at radius 2 is 2.27 bits per heavy atom. The standard InChI is InChI=1S/C13H12ClN5O3/c1-8-5-3-4-6-10(8)21-7-9-11(14)15-22-12(9)19-13(20)18(2)16-17-19/h3-6H,7H2,1-2H3/i3T. The number of ether oxygens (including phenoxy) is 1. The molecule has 0 bridgehead atoms. The lowest BCUT2D eigenvalue weighted by atomic mass is 10.2. The largest absolute Gasteiger partial charge is 0.488 e. The molecule has 0 unspecified atom stereocenters. The van der Waals surface area contributed by atoms with Gasteiger partial charge in [-0.15, -0.1) is 4.68 Å². The van der Waals surface area contributed by atoms with Crippen LogP contribution in [0.25, 0.3) is 5.88 Å². The third-order valence-electron chi connectivity index (χ3n) is 3.02. The second-order valence-corrected chi connectivity index (χ2v) is 4.89. The zero-order chi connectivity index (χ0) is 16.6. The van der Waals surface area contributed by atoms with Gasteiger partial charge < -0.3 is 9.26 Å². The average molecular weight is 324 g/mol. The second-order valence-electron chi connectivity index (χ2n) is 4.53. The van der Waals surface area contributed by atoms with Crippen LogP contribution in [0.15, 0.2) is 33.6 Å². The van der Waals surface area contributed by atoms with Crippen molar-refractivity contribution in [3.63, 3.8) is 0 Å².